The highest BCUT2D eigenvalue weighted by Crippen LogP contribution is 2.31. The molecule has 1 aliphatic rings. The lowest BCUT2D eigenvalue weighted by molar-refractivity contribution is 0.758. The SMILES string of the molecule is CC(C)N1[CH]Cc2ccccc21. The van der Waals surface area contributed by atoms with Crippen molar-refractivity contribution >= 4 is 5.69 Å². The molecule has 1 nitrogen and oxygen atoms in total. The molecule has 0 saturated carbocycles. The molecule has 0 atom stereocenters. The van der Waals surface area contributed by atoms with Gasteiger partial charge in [-0.25, -0.2) is 0 Å². The summed E-state index contributed by atoms with van der Waals surface area (Å²) in [6.45, 7) is 6.71. The summed E-state index contributed by atoms with van der Waals surface area (Å²) in [7, 11) is 0. The van der Waals surface area contributed by atoms with Crippen molar-refractivity contribution < 1.29 is 0 Å². The van der Waals surface area contributed by atoms with E-state index in [1.165, 1.54) is 11.3 Å². The third-order valence-electron chi connectivity index (χ3n) is 2.33. The monoisotopic (exact) mass is 160 g/mol. The Morgan fingerprint density at radius 3 is 2.75 bits per heavy atom. The molecule has 1 heteroatoms. The second kappa shape index (κ2) is 2.81. The molecule has 0 unspecified atom stereocenters. The Hall–Kier alpha value is -0.980. The third kappa shape index (κ3) is 1.09. The largest absolute Gasteiger partial charge is 0.363 e. The molecule has 0 aromatic heterocycles. The minimum Gasteiger partial charge on any atom is -0.363 e. The van der Waals surface area contributed by atoms with Gasteiger partial charge in [0.25, 0.3) is 0 Å². The molecule has 12 heavy (non-hydrogen) atoms. The molecule has 0 bridgehead atoms. The fourth-order valence-electron chi connectivity index (χ4n) is 1.72. The predicted octanol–water partition coefficient (Wildman–Crippen LogP) is 2.62. The molecule has 1 aliphatic heterocycles. The lowest BCUT2D eigenvalue weighted by Gasteiger charge is -2.23. The van der Waals surface area contributed by atoms with Crippen LogP contribution in [0, 0.1) is 6.54 Å². The Kier molecular flexibility index (Phi) is 1.80. The molecule has 1 aromatic rings. The fourth-order valence-corrected chi connectivity index (χ4v) is 1.72. The molecule has 1 radical (unpaired) electrons. The molecule has 0 spiro atoms. The van der Waals surface area contributed by atoms with E-state index in [1.807, 2.05) is 0 Å². The Morgan fingerprint density at radius 1 is 1.25 bits per heavy atom. The van der Waals surface area contributed by atoms with Gasteiger partial charge in [0, 0.05) is 11.7 Å². The van der Waals surface area contributed by atoms with E-state index in [2.05, 4.69) is 49.6 Å². The average molecular weight is 160 g/mol. The van der Waals surface area contributed by atoms with Gasteiger partial charge in [0.15, 0.2) is 0 Å². The van der Waals surface area contributed by atoms with E-state index in [4.69, 9.17) is 0 Å². The highest BCUT2D eigenvalue weighted by Gasteiger charge is 2.20. The fraction of sp³-hybridized carbons (Fsp3) is 0.364. The Bertz CT molecular complexity index is 278. The number of hydrogen-bond acceptors (Lipinski definition) is 1. The second-order valence-electron chi connectivity index (χ2n) is 3.52. The summed E-state index contributed by atoms with van der Waals surface area (Å²) in [6, 6.07) is 9.19. The first-order valence-corrected chi connectivity index (χ1v) is 4.48. The summed E-state index contributed by atoms with van der Waals surface area (Å²) >= 11 is 0. The van der Waals surface area contributed by atoms with Gasteiger partial charge in [-0.05, 0) is 31.9 Å². The van der Waals surface area contributed by atoms with Gasteiger partial charge >= 0.3 is 0 Å². The molecule has 63 valence electrons. The number of rotatable bonds is 1. The molecule has 0 amide bonds. The van der Waals surface area contributed by atoms with Gasteiger partial charge in [-0.1, -0.05) is 18.2 Å². The van der Waals surface area contributed by atoms with Crippen LogP contribution in [0.3, 0.4) is 0 Å². The van der Waals surface area contributed by atoms with Gasteiger partial charge in [-0.15, -0.1) is 0 Å². The van der Waals surface area contributed by atoms with Gasteiger partial charge in [0.2, 0.25) is 0 Å². The summed E-state index contributed by atoms with van der Waals surface area (Å²) < 4.78 is 0. The van der Waals surface area contributed by atoms with Gasteiger partial charge in [-0.3, -0.25) is 0 Å². The normalized spacial score (nSPS) is 15.4. The van der Waals surface area contributed by atoms with Crippen molar-refractivity contribution in [3.05, 3.63) is 36.4 Å². The molecular weight excluding hydrogens is 146 g/mol. The Morgan fingerprint density at radius 2 is 2.00 bits per heavy atom. The van der Waals surface area contributed by atoms with Crippen molar-refractivity contribution in [2.24, 2.45) is 0 Å². The first kappa shape index (κ1) is 7.66. The van der Waals surface area contributed by atoms with Gasteiger partial charge in [-0.2, -0.15) is 0 Å². The molecule has 0 N–H and O–H groups in total. The second-order valence-corrected chi connectivity index (χ2v) is 3.52. The van der Waals surface area contributed by atoms with Crippen molar-refractivity contribution in [1.29, 1.82) is 0 Å². The minimum atomic E-state index is 0.577. The number of benzene rings is 1. The van der Waals surface area contributed by atoms with Crippen LogP contribution in [0.15, 0.2) is 24.3 Å². The molecule has 0 aliphatic carbocycles. The first-order valence-electron chi connectivity index (χ1n) is 4.48. The molecule has 0 fully saturated rings. The van der Waals surface area contributed by atoms with Crippen molar-refractivity contribution in [2.75, 3.05) is 4.90 Å². The summed E-state index contributed by atoms with van der Waals surface area (Å²) in [4.78, 5) is 2.34. The summed E-state index contributed by atoms with van der Waals surface area (Å²) in [5.74, 6) is 0. The van der Waals surface area contributed by atoms with E-state index < -0.39 is 0 Å². The topological polar surface area (TPSA) is 3.24 Å². The average Bonchev–Trinajstić information content (AvgIpc) is 2.47. The quantitative estimate of drug-likeness (QED) is 0.610. The minimum absolute atomic E-state index is 0.577. The zero-order chi connectivity index (χ0) is 8.55. The van der Waals surface area contributed by atoms with Gasteiger partial charge in [0.1, 0.15) is 0 Å². The van der Waals surface area contributed by atoms with E-state index in [9.17, 15) is 0 Å². The van der Waals surface area contributed by atoms with Crippen molar-refractivity contribution in [3.8, 4) is 0 Å². The van der Waals surface area contributed by atoms with Crippen LogP contribution in [0.1, 0.15) is 19.4 Å². The van der Waals surface area contributed by atoms with Crippen LogP contribution < -0.4 is 4.90 Å². The lowest BCUT2D eigenvalue weighted by atomic mass is 10.2. The molecule has 2 rings (SSSR count). The molecule has 0 saturated heterocycles. The lowest BCUT2D eigenvalue weighted by Crippen LogP contribution is -2.24. The maximum absolute atomic E-state index is 2.34. The van der Waals surface area contributed by atoms with Crippen LogP contribution in [0.5, 0.6) is 0 Å². The molecule has 1 heterocycles. The number of nitrogens with zero attached hydrogens (tertiary/aromatic N) is 1. The molecule has 1 aromatic carbocycles. The van der Waals surface area contributed by atoms with Crippen LogP contribution in [-0.4, -0.2) is 6.04 Å². The third-order valence-corrected chi connectivity index (χ3v) is 2.33. The number of para-hydroxylation sites is 1. The van der Waals surface area contributed by atoms with Crippen molar-refractivity contribution in [3.63, 3.8) is 0 Å². The van der Waals surface area contributed by atoms with Crippen LogP contribution in [0.4, 0.5) is 5.69 Å². The van der Waals surface area contributed by atoms with Gasteiger partial charge in [0.05, 0.1) is 6.54 Å². The number of anilines is 1. The number of fused-ring (bicyclic) bond motifs is 1. The van der Waals surface area contributed by atoms with E-state index in [-0.39, 0.29) is 0 Å². The van der Waals surface area contributed by atoms with E-state index in [0.29, 0.717) is 6.04 Å². The summed E-state index contributed by atoms with van der Waals surface area (Å²) in [5, 5.41) is 0. The Labute approximate surface area is 74.0 Å². The van der Waals surface area contributed by atoms with Crippen LogP contribution in [0.25, 0.3) is 0 Å². The molecular formula is C11H14N. The van der Waals surface area contributed by atoms with Gasteiger partial charge < -0.3 is 4.90 Å². The first-order chi connectivity index (χ1) is 5.79. The van der Waals surface area contributed by atoms with Crippen LogP contribution in [-0.2, 0) is 6.42 Å². The highest BCUT2D eigenvalue weighted by molar-refractivity contribution is 5.60. The Balaban J connectivity index is 2.36. The summed E-state index contributed by atoms with van der Waals surface area (Å²) in [6.07, 6.45) is 1.09. The predicted molar refractivity (Wildman–Crippen MR) is 52.1 cm³/mol. The summed E-state index contributed by atoms with van der Waals surface area (Å²) in [5.41, 5.74) is 2.83. The smallest absolute Gasteiger partial charge is 0.0540 e. The van der Waals surface area contributed by atoms with E-state index in [0.717, 1.165) is 6.42 Å². The zero-order valence-corrected chi connectivity index (χ0v) is 7.62. The van der Waals surface area contributed by atoms with Crippen molar-refractivity contribution in [2.45, 2.75) is 26.3 Å². The maximum Gasteiger partial charge on any atom is 0.0540 e. The van der Waals surface area contributed by atoms with Crippen LogP contribution in [0.2, 0.25) is 0 Å². The van der Waals surface area contributed by atoms with E-state index in [1.54, 1.807) is 0 Å². The zero-order valence-electron chi connectivity index (χ0n) is 7.62. The van der Waals surface area contributed by atoms with E-state index >= 15 is 0 Å². The number of hydrogen-bond donors (Lipinski definition) is 0. The standard InChI is InChI=1S/C11H14N/c1-9(2)12-8-7-10-5-3-4-6-11(10)12/h3-6,8-9H,7H2,1-2H3. The maximum atomic E-state index is 2.34. The van der Waals surface area contributed by atoms with Crippen LogP contribution >= 0.6 is 0 Å². The highest BCUT2D eigenvalue weighted by atomic mass is 15.2. The van der Waals surface area contributed by atoms with Crippen molar-refractivity contribution in [1.82, 2.24) is 0 Å².